The summed E-state index contributed by atoms with van der Waals surface area (Å²) in [5.74, 6) is 1.65. The third-order valence-electron chi connectivity index (χ3n) is 2.03. The van der Waals surface area contributed by atoms with Crippen molar-refractivity contribution in [3.63, 3.8) is 0 Å². The zero-order valence-corrected chi connectivity index (χ0v) is 9.41. The van der Waals surface area contributed by atoms with Gasteiger partial charge in [-0.05, 0) is 24.4 Å². The van der Waals surface area contributed by atoms with E-state index >= 15 is 0 Å². The van der Waals surface area contributed by atoms with E-state index in [1.807, 2.05) is 35.7 Å². The van der Waals surface area contributed by atoms with Crippen LogP contribution >= 0.6 is 12.2 Å². The number of nitrogens with one attached hydrogen (secondary N) is 1. The Balaban J connectivity index is 2.35. The van der Waals surface area contributed by atoms with Crippen molar-refractivity contribution in [1.29, 1.82) is 0 Å². The number of anilines is 1. The number of hydrogen-bond donors (Lipinski definition) is 1. The Morgan fingerprint density at radius 3 is 3.00 bits per heavy atom. The Kier molecular flexibility index (Phi) is 2.59. The van der Waals surface area contributed by atoms with Gasteiger partial charge >= 0.3 is 0 Å². The molecule has 0 atom stereocenters. The number of furan rings is 1. The smallest absolute Gasteiger partial charge is 0.225 e. The number of aromatic amines is 1. The molecular formula is C9H12N4OS. The van der Waals surface area contributed by atoms with Crippen LogP contribution in [0.4, 0.5) is 5.95 Å². The lowest BCUT2D eigenvalue weighted by Crippen LogP contribution is -2.15. The zero-order chi connectivity index (χ0) is 10.8. The normalized spacial score (nSPS) is 10.5. The van der Waals surface area contributed by atoms with Crippen LogP contribution in [0.3, 0.4) is 0 Å². The Morgan fingerprint density at radius 2 is 2.40 bits per heavy atom. The van der Waals surface area contributed by atoms with Crippen molar-refractivity contribution in [2.45, 2.75) is 6.54 Å². The fourth-order valence-corrected chi connectivity index (χ4v) is 1.54. The Bertz CT molecular complexity index is 482. The van der Waals surface area contributed by atoms with Crippen LogP contribution in [0, 0.1) is 4.77 Å². The highest BCUT2D eigenvalue weighted by Crippen LogP contribution is 2.11. The molecule has 2 heterocycles. The molecule has 0 amide bonds. The lowest BCUT2D eigenvalue weighted by Gasteiger charge is -2.11. The van der Waals surface area contributed by atoms with Crippen LogP contribution in [-0.4, -0.2) is 28.9 Å². The van der Waals surface area contributed by atoms with Crippen LogP contribution in [0.25, 0.3) is 0 Å². The number of H-pyrrole nitrogens is 1. The summed E-state index contributed by atoms with van der Waals surface area (Å²) in [6.07, 6.45) is 1.65. The van der Waals surface area contributed by atoms with Crippen molar-refractivity contribution < 1.29 is 4.42 Å². The molecular weight excluding hydrogens is 212 g/mol. The van der Waals surface area contributed by atoms with Gasteiger partial charge in [0.05, 0.1) is 12.8 Å². The minimum Gasteiger partial charge on any atom is -0.467 e. The van der Waals surface area contributed by atoms with E-state index in [4.69, 9.17) is 16.6 Å². The highest BCUT2D eigenvalue weighted by atomic mass is 32.1. The molecule has 0 unspecified atom stereocenters. The highest BCUT2D eigenvalue weighted by Gasteiger charge is 2.09. The van der Waals surface area contributed by atoms with E-state index in [-0.39, 0.29) is 0 Å². The van der Waals surface area contributed by atoms with Crippen LogP contribution in [0.5, 0.6) is 0 Å². The molecule has 15 heavy (non-hydrogen) atoms. The predicted molar refractivity (Wildman–Crippen MR) is 59.5 cm³/mol. The molecule has 0 saturated carbocycles. The van der Waals surface area contributed by atoms with E-state index in [1.165, 1.54) is 0 Å². The summed E-state index contributed by atoms with van der Waals surface area (Å²) >= 11 is 5.14. The molecule has 0 saturated heterocycles. The molecule has 5 nitrogen and oxygen atoms in total. The van der Waals surface area contributed by atoms with E-state index in [0.717, 1.165) is 11.7 Å². The van der Waals surface area contributed by atoms with Gasteiger partial charge in [0.15, 0.2) is 4.77 Å². The van der Waals surface area contributed by atoms with Crippen molar-refractivity contribution in [2.75, 3.05) is 19.0 Å². The first kappa shape index (κ1) is 9.97. The van der Waals surface area contributed by atoms with Crippen molar-refractivity contribution >= 4 is 18.2 Å². The van der Waals surface area contributed by atoms with Crippen LogP contribution in [-0.2, 0) is 6.54 Å². The molecule has 6 heteroatoms. The summed E-state index contributed by atoms with van der Waals surface area (Å²) in [7, 11) is 3.84. The van der Waals surface area contributed by atoms with Crippen LogP contribution < -0.4 is 4.90 Å². The summed E-state index contributed by atoms with van der Waals surface area (Å²) < 4.78 is 7.75. The van der Waals surface area contributed by atoms with Gasteiger partial charge in [-0.25, -0.2) is 5.10 Å². The van der Waals surface area contributed by atoms with Gasteiger partial charge in [-0.2, -0.15) is 0 Å². The molecule has 0 aliphatic rings. The predicted octanol–water partition coefficient (Wildman–Crippen LogP) is 1.65. The molecule has 0 aliphatic heterocycles. The van der Waals surface area contributed by atoms with E-state index < -0.39 is 0 Å². The van der Waals surface area contributed by atoms with Crippen molar-refractivity contribution in [3.8, 4) is 0 Å². The fraction of sp³-hybridized carbons (Fsp3) is 0.333. The SMILES string of the molecule is CN(C)c1n[nH]c(=S)n1Cc1ccco1. The topological polar surface area (TPSA) is 50.0 Å². The summed E-state index contributed by atoms with van der Waals surface area (Å²) in [4.78, 5) is 1.90. The Hall–Kier alpha value is -1.56. The Labute approximate surface area is 92.3 Å². The van der Waals surface area contributed by atoms with Crippen LogP contribution in [0.15, 0.2) is 22.8 Å². The van der Waals surface area contributed by atoms with Gasteiger partial charge in [0.2, 0.25) is 5.95 Å². The second kappa shape index (κ2) is 3.90. The first-order valence-corrected chi connectivity index (χ1v) is 4.94. The lowest BCUT2D eigenvalue weighted by atomic mass is 10.4. The quantitative estimate of drug-likeness (QED) is 0.805. The minimum atomic E-state index is 0.593. The number of nitrogens with zero attached hydrogens (tertiary/aromatic N) is 3. The first-order chi connectivity index (χ1) is 7.18. The second-order valence-corrected chi connectivity index (χ2v) is 3.78. The third-order valence-corrected chi connectivity index (χ3v) is 2.34. The van der Waals surface area contributed by atoms with E-state index in [0.29, 0.717) is 11.3 Å². The maximum Gasteiger partial charge on any atom is 0.225 e. The molecule has 80 valence electrons. The van der Waals surface area contributed by atoms with E-state index in [1.54, 1.807) is 6.26 Å². The largest absolute Gasteiger partial charge is 0.467 e. The molecule has 1 N–H and O–H groups in total. The molecule has 2 aromatic rings. The van der Waals surface area contributed by atoms with Crippen molar-refractivity contribution in [3.05, 3.63) is 28.9 Å². The van der Waals surface area contributed by atoms with E-state index in [2.05, 4.69) is 10.2 Å². The number of hydrogen-bond acceptors (Lipinski definition) is 4. The molecule has 0 bridgehead atoms. The standard InChI is InChI=1S/C9H12N4OS/c1-12(2)8-10-11-9(15)13(8)6-7-4-3-5-14-7/h3-5H,6H2,1-2H3,(H,11,15). The van der Waals surface area contributed by atoms with Gasteiger partial charge in [0.25, 0.3) is 0 Å². The molecule has 0 aromatic carbocycles. The summed E-state index contributed by atoms with van der Waals surface area (Å²) in [6, 6.07) is 3.77. The summed E-state index contributed by atoms with van der Waals surface area (Å²) in [6.45, 7) is 0.593. The first-order valence-electron chi connectivity index (χ1n) is 4.53. The van der Waals surface area contributed by atoms with Crippen molar-refractivity contribution in [1.82, 2.24) is 14.8 Å². The summed E-state index contributed by atoms with van der Waals surface area (Å²) in [5, 5.41) is 6.89. The minimum absolute atomic E-state index is 0.593. The maximum absolute atomic E-state index is 5.27. The van der Waals surface area contributed by atoms with Gasteiger partial charge in [0.1, 0.15) is 5.76 Å². The van der Waals surface area contributed by atoms with Crippen molar-refractivity contribution in [2.24, 2.45) is 0 Å². The summed E-state index contributed by atoms with van der Waals surface area (Å²) in [5.41, 5.74) is 0. The fourth-order valence-electron chi connectivity index (χ4n) is 1.35. The average Bonchev–Trinajstić information content (AvgIpc) is 2.78. The lowest BCUT2D eigenvalue weighted by molar-refractivity contribution is 0.492. The molecule has 0 fully saturated rings. The average molecular weight is 224 g/mol. The maximum atomic E-state index is 5.27. The van der Waals surface area contributed by atoms with Gasteiger partial charge in [-0.3, -0.25) is 4.57 Å². The Morgan fingerprint density at radius 1 is 1.60 bits per heavy atom. The van der Waals surface area contributed by atoms with Gasteiger partial charge < -0.3 is 9.32 Å². The number of aromatic nitrogens is 3. The van der Waals surface area contributed by atoms with Crippen LogP contribution in [0.2, 0.25) is 0 Å². The monoisotopic (exact) mass is 224 g/mol. The molecule has 0 aliphatic carbocycles. The van der Waals surface area contributed by atoms with Gasteiger partial charge in [0, 0.05) is 14.1 Å². The second-order valence-electron chi connectivity index (χ2n) is 3.39. The molecule has 0 spiro atoms. The molecule has 2 rings (SSSR count). The van der Waals surface area contributed by atoms with Gasteiger partial charge in [-0.1, -0.05) is 0 Å². The third kappa shape index (κ3) is 1.94. The van der Waals surface area contributed by atoms with E-state index in [9.17, 15) is 0 Å². The van der Waals surface area contributed by atoms with Gasteiger partial charge in [-0.15, -0.1) is 5.10 Å². The molecule has 2 aromatic heterocycles. The highest BCUT2D eigenvalue weighted by molar-refractivity contribution is 7.71. The van der Waals surface area contributed by atoms with Crippen LogP contribution in [0.1, 0.15) is 5.76 Å². The molecule has 0 radical (unpaired) electrons. The zero-order valence-electron chi connectivity index (χ0n) is 8.60. The number of rotatable bonds is 3.